The Hall–Kier alpha value is -1.58. The molecule has 0 radical (unpaired) electrons. The SMILES string of the molecule is CC[C@@H](CC(N)=O)Nc1ccc(F)cc1. The van der Waals surface area contributed by atoms with Crippen LogP contribution in [-0.4, -0.2) is 11.9 Å². The molecule has 0 aromatic heterocycles. The van der Waals surface area contributed by atoms with E-state index in [9.17, 15) is 9.18 Å². The lowest BCUT2D eigenvalue weighted by Crippen LogP contribution is -2.26. The first-order valence-corrected chi connectivity index (χ1v) is 4.92. The molecule has 0 bridgehead atoms. The van der Waals surface area contributed by atoms with Gasteiger partial charge in [-0.3, -0.25) is 4.79 Å². The fourth-order valence-electron chi connectivity index (χ4n) is 1.32. The van der Waals surface area contributed by atoms with E-state index < -0.39 is 0 Å². The normalized spacial score (nSPS) is 12.1. The molecule has 4 heteroatoms. The summed E-state index contributed by atoms with van der Waals surface area (Å²) in [6.07, 6.45) is 1.08. The van der Waals surface area contributed by atoms with Crippen LogP contribution < -0.4 is 11.1 Å². The van der Waals surface area contributed by atoms with Crippen molar-refractivity contribution in [2.45, 2.75) is 25.8 Å². The molecule has 0 fully saturated rings. The lowest BCUT2D eigenvalue weighted by Gasteiger charge is -2.16. The first kappa shape index (κ1) is 11.5. The van der Waals surface area contributed by atoms with Crippen LogP contribution in [0.25, 0.3) is 0 Å². The largest absolute Gasteiger partial charge is 0.382 e. The minimum atomic E-state index is -0.337. The van der Waals surface area contributed by atoms with Crippen LogP contribution in [0.5, 0.6) is 0 Å². The fourth-order valence-corrected chi connectivity index (χ4v) is 1.32. The Labute approximate surface area is 88.5 Å². The van der Waals surface area contributed by atoms with Gasteiger partial charge in [0.05, 0.1) is 0 Å². The molecule has 1 atom stereocenters. The Balaban J connectivity index is 2.58. The van der Waals surface area contributed by atoms with Crippen molar-refractivity contribution >= 4 is 11.6 Å². The van der Waals surface area contributed by atoms with E-state index in [0.717, 1.165) is 12.1 Å². The zero-order valence-electron chi connectivity index (χ0n) is 8.66. The maximum atomic E-state index is 12.6. The van der Waals surface area contributed by atoms with Gasteiger partial charge in [0.1, 0.15) is 5.82 Å². The van der Waals surface area contributed by atoms with Crippen LogP contribution in [0.1, 0.15) is 19.8 Å². The summed E-state index contributed by atoms with van der Waals surface area (Å²) in [4.78, 5) is 10.7. The van der Waals surface area contributed by atoms with E-state index in [4.69, 9.17) is 5.73 Å². The molecule has 1 aromatic carbocycles. The Morgan fingerprint density at radius 1 is 1.47 bits per heavy atom. The summed E-state index contributed by atoms with van der Waals surface area (Å²) >= 11 is 0. The van der Waals surface area contributed by atoms with Crippen molar-refractivity contribution in [3.8, 4) is 0 Å². The van der Waals surface area contributed by atoms with Gasteiger partial charge in [-0.25, -0.2) is 4.39 Å². The van der Waals surface area contributed by atoms with Gasteiger partial charge in [0, 0.05) is 18.2 Å². The third-order valence-electron chi connectivity index (χ3n) is 2.16. The van der Waals surface area contributed by atoms with Crippen LogP contribution in [-0.2, 0) is 4.79 Å². The van der Waals surface area contributed by atoms with Gasteiger partial charge >= 0.3 is 0 Å². The molecule has 0 saturated heterocycles. The minimum absolute atomic E-state index is 0.00737. The summed E-state index contributed by atoms with van der Waals surface area (Å²) in [7, 11) is 0. The van der Waals surface area contributed by atoms with Crippen molar-refractivity contribution in [1.29, 1.82) is 0 Å². The molecular formula is C11H15FN2O. The molecule has 1 rings (SSSR count). The zero-order valence-corrected chi connectivity index (χ0v) is 8.66. The molecular weight excluding hydrogens is 195 g/mol. The van der Waals surface area contributed by atoms with Crippen LogP contribution >= 0.6 is 0 Å². The topological polar surface area (TPSA) is 55.1 Å². The van der Waals surface area contributed by atoms with Crippen molar-refractivity contribution in [1.82, 2.24) is 0 Å². The number of amides is 1. The highest BCUT2D eigenvalue weighted by Crippen LogP contribution is 2.12. The van der Waals surface area contributed by atoms with Crippen LogP contribution in [0.3, 0.4) is 0 Å². The lowest BCUT2D eigenvalue weighted by atomic mass is 10.1. The Kier molecular flexibility index (Phi) is 4.09. The van der Waals surface area contributed by atoms with Gasteiger partial charge in [-0.05, 0) is 30.7 Å². The predicted molar refractivity (Wildman–Crippen MR) is 57.9 cm³/mol. The van der Waals surface area contributed by atoms with Gasteiger partial charge in [-0.1, -0.05) is 6.92 Å². The molecule has 0 spiro atoms. The molecule has 15 heavy (non-hydrogen) atoms. The molecule has 0 heterocycles. The number of halogens is 1. The number of benzene rings is 1. The average Bonchev–Trinajstić information content (AvgIpc) is 2.19. The van der Waals surface area contributed by atoms with Crippen LogP contribution in [0.4, 0.5) is 10.1 Å². The predicted octanol–water partition coefficient (Wildman–Crippen LogP) is 1.89. The molecule has 0 aliphatic heterocycles. The molecule has 0 aliphatic rings. The van der Waals surface area contributed by atoms with E-state index in [1.165, 1.54) is 12.1 Å². The van der Waals surface area contributed by atoms with Gasteiger partial charge in [-0.2, -0.15) is 0 Å². The van der Waals surface area contributed by atoms with Gasteiger partial charge in [0.15, 0.2) is 0 Å². The molecule has 1 amide bonds. The maximum Gasteiger partial charge on any atom is 0.219 e. The summed E-state index contributed by atoms with van der Waals surface area (Å²) in [5.41, 5.74) is 5.90. The monoisotopic (exact) mass is 210 g/mol. The minimum Gasteiger partial charge on any atom is -0.382 e. The van der Waals surface area contributed by atoms with Crippen molar-refractivity contribution in [2.24, 2.45) is 5.73 Å². The van der Waals surface area contributed by atoms with Crippen molar-refractivity contribution in [3.63, 3.8) is 0 Å². The smallest absolute Gasteiger partial charge is 0.219 e. The number of rotatable bonds is 5. The van der Waals surface area contributed by atoms with Crippen LogP contribution in [0, 0.1) is 5.82 Å². The van der Waals surface area contributed by atoms with Crippen LogP contribution in [0.15, 0.2) is 24.3 Å². The van der Waals surface area contributed by atoms with E-state index in [-0.39, 0.29) is 24.2 Å². The van der Waals surface area contributed by atoms with Gasteiger partial charge in [0.25, 0.3) is 0 Å². The highest BCUT2D eigenvalue weighted by molar-refractivity contribution is 5.75. The van der Waals surface area contributed by atoms with Crippen molar-refractivity contribution < 1.29 is 9.18 Å². The number of hydrogen-bond donors (Lipinski definition) is 2. The number of nitrogens with two attached hydrogens (primary N) is 1. The highest BCUT2D eigenvalue weighted by atomic mass is 19.1. The molecule has 0 saturated carbocycles. The van der Waals surface area contributed by atoms with Gasteiger partial charge in [0.2, 0.25) is 5.91 Å². The van der Waals surface area contributed by atoms with E-state index >= 15 is 0 Å². The molecule has 0 aliphatic carbocycles. The summed E-state index contributed by atoms with van der Waals surface area (Å²) in [6, 6.07) is 6.03. The second-order valence-electron chi connectivity index (χ2n) is 3.43. The quantitative estimate of drug-likeness (QED) is 0.779. The number of carbonyl (C=O) groups is 1. The fraction of sp³-hybridized carbons (Fsp3) is 0.364. The highest BCUT2D eigenvalue weighted by Gasteiger charge is 2.08. The molecule has 1 aromatic rings. The Morgan fingerprint density at radius 3 is 2.53 bits per heavy atom. The van der Waals surface area contributed by atoms with Crippen LogP contribution in [0.2, 0.25) is 0 Å². The first-order chi connectivity index (χ1) is 7.11. The average molecular weight is 210 g/mol. The molecule has 3 nitrogen and oxygen atoms in total. The Bertz CT molecular complexity index is 324. The summed E-state index contributed by atoms with van der Waals surface area (Å²) in [5.74, 6) is -0.611. The van der Waals surface area contributed by atoms with Gasteiger partial charge < -0.3 is 11.1 Å². The third-order valence-corrected chi connectivity index (χ3v) is 2.16. The second kappa shape index (κ2) is 5.34. The van der Waals surface area contributed by atoms with Crippen molar-refractivity contribution in [3.05, 3.63) is 30.1 Å². The van der Waals surface area contributed by atoms with E-state index in [1.54, 1.807) is 12.1 Å². The third kappa shape index (κ3) is 3.97. The van der Waals surface area contributed by atoms with E-state index in [1.807, 2.05) is 6.92 Å². The number of nitrogens with one attached hydrogen (secondary N) is 1. The van der Waals surface area contributed by atoms with Gasteiger partial charge in [-0.15, -0.1) is 0 Å². The second-order valence-corrected chi connectivity index (χ2v) is 3.43. The van der Waals surface area contributed by atoms with E-state index in [2.05, 4.69) is 5.32 Å². The summed E-state index contributed by atoms with van der Waals surface area (Å²) in [5, 5.41) is 3.12. The maximum absolute atomic E-state index is 12.6. The number of hydrogen-bond acceptors (Lipinski definition) is 2. The number of carbonyl (C=O) groups excluding carboxylic acids is 1. The summed E-state index contributed by atoms with van der Waals surface area (Å²) < 4.78 is 12.6. The van der Waals surface area contributed by atoms with E-state index in [0.29, 0.717) is 0 Å². The number of primary amides is 1. The molecule has 0 unspecified atom stereocenters. The Morgan fingerprint density at radius 2 is 2.07 bits per heavy atom. The number of anilines is 1. The molecule has 3 N–H and O–H groups in total. The molecule has 82 valence electrons. The van der Waals surface area contributed by atoms with Crippen molar-refractivity contribution in [2.75, 3.05) is 5.32 Å². The summed E-state index contributed by atoms with van der Waals surface area (Å²) in [6.45, 7) is 1.96. The standard InChI is InChI=1S/C11H15FN2O/c1-2-9(7-11(13)15)14-10-5-3-8(12)4-6-10/h3-6,9,14H,2,7H2,1H3,(H2,13,15)/t9-/m0/s1. The first-order valence-electron chi connectivity index (χ1n) is 4.92. The lowest BCUT2D eigenvalue weighted by molar-refractivity contribution is -0.118. The zero-order chi connectivity index (χ0) is 11.3.